The Balaban J connectivity index is 0.000000383. The van der Waals surface area contributed by atoms with Gasteiger partial charge in [0.05, 0.1) is 17.8 Å². The van der Waals surface area contributed by atoms with Crippen LogP contribution in [0.25, 0.3) is 16.6 Å². The number of carbonyl (C=O) groups is 2. The van der Waals surface area contributed by atoms with Gasteiger partial charge in [-0.15, -0.1) is 0 Å². The first-order valence-electron chi connectivity index (χ1n) is 9.63. The van der Waals surface area contributed by atoms with Crippen molar-refractivity contribution in [1.82, 2.24) is 14.7 Å². The number of benzene rings is 2. The molecular weight excluding hydrogens is 451 g/mol. The van der Waals surface area contributed by atoms with Crippen molar-refractivity contribution < 1.29 is 36.6 Å². The molecule has 1 fully saturated rings. The number of nitrogens with zero attached hydrogens (tertiary/aromatic N) is 3. The summed E-state index contributed by atoms with van der Waals surface area (Å²) < 4.78 is 60.0. The van der Waals surface area contributed by atoms with Gasteiger partial charge < -0.3 is 10.8 Å². The quantitative estimate of drug-likeness (QED) is 0.568. The highest BCUT2D eigenvalue weighted by Crippen LogP contribution is 2.28. The van der Waals surface area contributed by atoms with E-state index in [0.717, 1.165) is 16.6 Å². The van der Waals surface area contributed by atoms with Crippen LogP contribution in [-0.2, 0) is 11.3 Å². The Morgan fingerprint density at radius 2 is 1.76 bits per heavy atom. The van der Waals surface area contributed by atoms with Crippen LogP contribution in [0.1, 0.15) is 22.3 Å². The zero-order chi connectivity index (χ0) is 24.4. The molecule has 33 heavy (non-hydrogen) atoms. The number of likely N-dealkylation sites (tertiary alicyclic amines) is 1. The van der Waals surface area contributed by atoms with Gasteiger partial charge in [0.1, 0.15) is 5.52 Å². The molecule has 2 heterocycles. The van der Waals surface area contributed by atoms with Crippen molar-refractivity contribution in [2.45, 2.75) is 25.1 Å². The number of carboxylic acid groups (broad SMARTS) is 1. The van der Waals surface area contributed by atoms with Gasteiger partial charge >= 0.3 is 12.1 Å². The van der Waals surface area contributed by atoms with Gasteiger partial charge in [0.25, 0.3) is 11.8 Å². The van der Waals surface area contributed by atoms with Crippen LogP contribution in [0.3, 0.4) is 0 Å². The van der Waals surface area contributed by atoms with Crippen LogP contribution in [-0.4, -0.2) is 56.9 Å². The van der Waals surface area contributed by atoms with E-state index < -0.39 is 24.0 Å². The van der Waals surface area contributed by atoms with Crippen LogP contribution in [0.2, 0.25) is 0 Å². The van der Waals surface area contributed by atoms with Crippen LogP contribution in [0.15, 0.2) is 48.7 Å². The van der Waals surface area contributed by atoms with E-state index in [9.17, 15) is 26.7 Å². The topological polar surface area (TPSA) is 101 Å². The Bertz CT molecular complexity index is 1160. The number of primary amides is 1. The lowest BCUT2D eigenvalue weighted by molar-refractivity contribution is -0.192. The molecule has 0 bridgehead atoms. The summed E-state index contributed by atoms with van der Waals surface area (Å²) in [5.41, 5.74) is 8.14. The number of amides is 1. The van der Waals surface area contributed by atoms with E-state index in [4.69, 9.17) is 15.6 Å². The summed E-state index contributed by atoms with van der Waals surface area (Å²) in [6, 6.07) is 12.9. The summed E-state index contributed by atoms with van der Waals surface area (Å²) in [5.74, 6) is -5.85. The molecular formula is C21H19F5N4O3. The van der Waals surface area contributed by atoms with Crippen LogP contribution in [0.4, 0.5) is 22.0 Å². The van der Waals surface area contributed by atoms with Crippen molar-refractivity contribution in [2.75, 3.05) is 13.1 Å². The number of nitrogens with two attached hydrogens (primary N) is 1. The van der Waals surface area contributed by atoms with E-state index in [1.807, 2.05) is 36.5 Å². The third-order valence-electron chi connectivity index (χ3n) is 4.90. The Morgan fingerprint density at radius 3 is 2.27 bits per heavy atom. The van der Waals surface area contributed by atoms with Gasteiger partial charge in [0.15, 0.2) is 0 Å². The molecule has 1 aliphatic heterocycles. The number of aliphatic carboxylic acids is 1. The van der Waals surface area contributed by atoms with Crippen molar-refractivity contribution in [3.8, 4) is 5.69 Å². The van der Waals surface area contributed by atoms with Crippen molar-refractivity contribution in [1.29, 1.82) is 0 Å². The van der Waals surface area contributed by atoms with Crippen molar-refractivity contribution in [3.05, 3.63) is 59.8 Å². The second-order valence-corrected chi connectivity index (χ2v) is 7.47. The number of alkyl halides is 5. The van der Waals surface area contributed by atoms with Gasteiger partial charge in [-0.1, -0.05) is 24.3 Å². The standard InChI is InChI=1S/C19H18F2N4O.C2HF3O2/c20-19(21)8-9-24(12-19)10-13-4-6-15(7-5-13)25-11-14-2-1-3-16(18(22)26)17(14)23-25;3-2(4,5)1(6)7/h1-7,11H,8-10,12H2,(H2,22,26);(H,6,7). The molecule has 176 valence electrons. The van der Waals surface area contributed by atoms with Gasteiger partial charge in [0, 0.05) is 31.1 Å². The molecule has 0 spiro atoms. The number of rotatable bonds is 4. The lowest BCUT2D eigenvalue weighted by atomic mass is 10.1. The minimum atomic E-state index is -5.08. The number of carbonyl (C=O) groups excluding carboxylic acids is 1. The summed E-state index contributed by atoms with van der Waals surface area (Å²) in [6.07, 6.45) is -3.33. The van der Waals surface area contributed by atoms with Crippen molar-refractivity contribution in [3.63, 3.8) is 0 Å². The van der Waals surface area contributed by atoms with Crippen LogP contribution >= 0.6 is 0 Å². The molecule has 1 amide bonds. The summed E-state index contributed by atoms with van der Waals surface area (Å²) in [6.45, 7) is 0.729. The molecule has 7 nitrogen and oxygen atoms in total. The average molecular weight is 470 g/mol. The minimum absolute atomic E-state index is 0.0762. The lowest BCUT2D eigenvalue weighted by Gasteiger charge is -2.15. The molecule has 1 aromatic heterocycles. The lowest BCUT2D eigenvalue weighted by Crippen LogP contribution is -2.24. The fourth-order valence-corrected chi connectivity index (χ4v) is 3.33. The molecule has 12 heteroatoms. The first-order valence-corrected chi connectivity index (χ1v) is 9.63. The Labute approximate surface area is 184 Å². The molecule has 4 rings (SSSR count). The first-order chi connectivity index (χ1) is 15.4. The number of carboxylic acids is 1. The first kappa shape index (κ1) is 24.1. The summed E-state index contributed by atoms with van der Waals surface area (Å²) in [5, 5.41) is 12.4. The Morgan fingerprint density at radius 1 is 1.12 bits per heavy atom. The van der Waals surface area contributed by atoms with Crippen LogP contribution < -0.4 is 5.73 Å². The van der Waals surface area contributed by atoms with Gasteiger partial charge in [-0.05, 0) is 23.8 Å². The third kappa shape index (κ3) is 6.04. The largest absolute Gasteiger partial charge is 0.490 e. The predicted octanol–water partition coefficient (Wildman–Crippen LogP) is 3.60. The van der Waals surface area contributed by atoms with Gasteiger partial charge in [0.2, 0.25) is 0 Å². The Kier molecular flexibility index (Phi) is 6.68. The highest BCUT2D eigenvalue weighted by molar-refractivity contribution is 6.04. The summed E-state index contributed by atoms with van der Waals surface area (Å²) >= 11 is 0. The smallest absolute Gasteiger partial charge is 0.475 e. The second-order valence-electron chi connectivity index (χ2n) is 7.47. The zero-order valence-corrected chi connectivity index (χ0v) is 17.0. The van der Waals surface area contributed by atoms with Gasteiger partial charge in [-0.3, -0.25) is 9.69 Å². The molecule has 3 N–H and O–H groups in total. The SMILES string of the molecule is NC(=O)c1cccc2cn(-c3ccc(CN4CCC(F)(F)C4)cc3)nc12.O=C(O)C(F)(F)F. The normalized spacial score (nSPS) is 15.8. The van der Waals surface area contributed by atoms with Gasteiger partial charge in [-0.25, -0.2) is 18.3 Å². The molecule has 1 saturated heterocycles. The van der Waals surface area contributed by atoms with E-state index in [1.54, 1.807) is 21.7 Å². The van der Waals surface area contributed by atoms with Crippen molar-refractivity contribution in [2.24, 2.45) is 5.73 Å². The monoisotopic (exact) mass is 470 g/mol. The summed E-state index contributed by atoms with van der Waals surface area (Å²) in [4.78, 5) is 22.2. The van der Waals surface area contributed by atoms with E-state index >= 15 is 0 Å². The number of hydrogen-bond acceptors (Lipinski definition) is 4. The second kappa shape index (κ2) is 9.14. The maximum absolute atomic E-state index is 13.3. The highest BCUT2D eigenvalue weighted by Gasteiger charge is 2.38. The molecule has 0 unspecified atom stereocenters. The number of fused-ring (bicyclic) bond motifs is 1. The molecule has 0 saturated carbocycles. The summed E-state index contributed by atoms with van der Waals surface area (Å²) in [7, 11) is 0. The van der Waals surface area contributed by atoms with Crippen LogP contribution in [0.5, 0.6) is 0 Å². The predicted molar refractivity (Wildman–Crippen MR) is 108 cm³/mol. The minimum Gasteiger partial charge on any atom is -0.475 e. The fraction of sp³-hybridized carbons (Fsp3) is 0.286. The Hall–Kier alpha value is -3.54. The van der Waals surface area contributed by atoms with E-state index in [0.29, 0.717) is 24.2 Å². The average Bonchev–Trinajstić information content (AvgIpc) is 3.30. The third-order valence-corrected chi connectivity index (χ3v) is 4.90. The van der Waals surface area contributed by atoms with Crippen LogP contribution in [0, 0.1) is 0 Å². The van der Waals surface area contributed by atoms with E-state index in [1.165, 1.54) is 0 Å². The molecule has 2 aromatic carbocycles. The molecule has 0 radical (unpaired) electrons. The molecule has 3 aromatic rings. The molecule has 0 aliphatic carbocycles. The zero-order valence-electron chi connectivity index (χ0n) is 17.0. The number of halogens is 5. The maximum Gasteiger partial charge on any atom is 0.490 e. The van der Waals surface area contributed by atoms with E-state index in [2.05, 4.69) is 5.10 Å². The highest BCUT2D eigenvalue weighted by atomic mass is 19.4. The van der Waals surface area contributed by atoms with Gasteiger partial charge in [-0.2, -0.15) is 18.3 Å². The maximum atomic E-state index is 13.3. The van der Waals surface area contributed by atoms with E-state index in [-0.39, 0.29) is 13.0 Å². The molecule has 1 aliphatic rings. The van der Waals surface area contributed by atoms with Crippen molar-refractivity contribution >= 4 is 22.8 Å². The molecule has 0 atom stereocenters. The number of aromatic nitrogens is 2. The number of hydrogen-bond donors (Lipinski definition) is 2. The fourth-order valence-electron chi connectivity index (χ4n) is 3.33.